The maximum Gasteiger partial charge on any atom is 0.0580 e. The predicted octanol–water partition coefficient (Wildman–Crippen LogP) is 1.23. The van der Waals surface area contributed by atoms with Crippen LogP contribution in [0.2, 0.25) is 0 Å². The Morgan fingerprint density at radius 3 is 2.88 bits per heavy atom. The summed E-state index contributed by atoms with van der Waals surface area (Å²) < 4.78 is 0. The molecule has 1 N–H and O–H groups in total. The molecule has 1 heteroatoms. The Morgan fingerprint density at radius 2 is 2.25 bits per heavy atom. The van der Waals surface area contributed by atoms with E-state index in [4.69, 9.17) is 5.11 Å². The summed E-state index contributed by atoms with van der Waals surface area (Å²) in [6, 6.07) is 0. The predicted molar refractivity (Wildman–Crippen MR) is 31.5 cm³/mol. The maximum absolute atomic E-state index is 9.07. The van der Waals surface area contributed by atoms with Gasteiger partial charge in [0.05, 0.1) is 6.10 Å². The fraction of sp³-hybridized carbons (Fsp3) is 0.714. The summed E-state index contributed by atoms with van der Waals surface area (Å²) in [6.45, 7) is 0. The monoisotopic (exact) mass is 110 g/mol. The fourth-order valence-corrected chi connectivity index (χ4v) is 1.42. The Hall–Kier alpha value is -0.300. The Bertz CT molecular complexity index is 146. The van der Waals surface area contributed by atoms with Crippen molar-refractivity contribution in [2.24, 2.45) is 0 Å². The molecule has 0 aromatic rings. The quantitative estimate of drug-likeness (QED) is 0.465. The molecule has 0 aromatic carbocycles. The van der Waals surface area contributed by atoms with Crippen LogP contribution in [0.1, 0.15) is 25.7 Å². The minimum atomic E-state index is -0.00347. The summed E-state index contributed by atoms with van der Waals surface area (Å²) in [5, 5.41) is 9.07. The minimum absolute atomic E-state index is 0.00347. The van der Waals surface area contributed by atoms with Gasteiger partial charge < -0.3 is 5.11 Å². The largest absolute Gasteiger partial charge is 0.393 e. The van der Waals surface area contributed by atoms with Gasteiger partial charge in [-0.25, -0.2) is 0 Å². The molecule has 2 rings (SSSR count). The van der Waals surface area contributed by atoms with Gasteiger partial charge in [0, 0.05) is 0 Å². The van der Waals surface area contributed by atoms with Crippen LogP contribution >= 0.6 is 0 Å². The van der Waals surface area contributed by atoms with Crippen LogP contribution in [-0.2, 0) is 0 Å². The summed E-state index contributed by atoms with van der Waals surface area (Å²) in [4.78, 5) is 0. The molecule has 0 bridgehead atoms. The molecule has 2 aliphatic rings. The third kappa shape index (κ3) is 0.583. The molecule has 0 saturated heterocycles. The summed E-state index contributed by atoms with van der Waals surface area (Å²) >= 11 is 0. The van der Waals surface area contributed by atoms with Crippen molar-refractivity contribution in [3.05, 3.63) is 11.1 Å². The lowest BCUT2D eigenvalue weighted by atomic mass is 10.1. The van der Waals surface area contributed by atoms with Gasteiger partial charge in [-0.2, -0.15) is 0 Å². The first-order valence-corrected chi connectivity index (χ1v) is 3.24. The van der Waals surface area contributed by atoms with Crippen LogP contribution in [0.25, 0.3) is 0 Å². The minimum Gasteiger partial charge on any atom is -0.393 e. The average molecular weight is 110 g/mol. The highest BCUT2D eigenvalue weighted by molar-refractivity contribution is 5.37. The molecular weight excluding hydrogens is 100 g/mol. The first-order chi connectivity index (χ1) is 3.86. The number of hydrogen-bond acceptors (Lipinski definition) is 1. The van der Waals surface area contributed by atoms with Crippen molar-refractivity contribution < 1.29 is 5.11 Å². The molecule has 8 heavy (non-hydrogen) atoms. The van der Waals surface area contributed by atoms with Crippen molar-refractivity contribution in [1.29, 1.82) is 0 Å². The van der Waals surface area contributed by atoms with Gasteiger partial charge in [-0.3, -0.25) is 0 Å². The Labute approximate surface area is 49.0 Å². The SMILES string of the molecule is OC1CCC2=C(C2)C1. The molecule has 0 spiro atoms. The fourth-order valence-electron chi connectivity index (χ4n) is 1.42. The molecule has 0 radical (unpaired) electrons. The maximum atomic E-state index is 9.07. The number of aliphatic hydroxyl groups is 1. The molecule has 0 aromatic heterocycles. The third-order valence-electron chi connectivity index (χ3n) is 2.06. The Kier molecular flexibility index (Phi) is 0.770. The second kappa shape index (κ2) is 1.35. The molecule has 1 unspecified atom stereocenters. The zero-order valence-corrected chi connectivity index (χ0v) is 4.85. The lowest BCUT2D eigenvalue weighted by molar-refractivity contribution is 0.164. The van der Waals surface area contributed by atoms with Gasteiger partial charge >= 0.3 is 0 Å². The van der Waals surface area contributed by atoms with E-state index in [1.807, 2.05) is 0 Å². The van der Waals surface area contributed by atoms with E-state index in [1.54, 1.807) is 11.1 Å². The number of aliphatic hydroxyl groups excluding tert-OH is 1. The van der Waals surface area contributed by atoms with Crippen LogP contribution in [0.5, 0.6) is 0 Å². The molecular formula is C7H10O. The smallest absolute Gasteiger partial charge is 0.0580 e. The summed E-state index contributed by atoms with van der Waals surface area (Å²) in [5.41, 5.74) is 3.18. The highest BCUT2D eigenvalue weighted by Gasteiger charge is 2.27. The van der Waals surface area contributed by atoms with Gasteiger partial charge in [-0.15, -0.1) is 0 Å². The van der Waals surface area contributed by atoms with Gasteiger partial charge in [-0.05, 0) is 25.7 Å². The second-order valence-corrected chi connectivity index (χ2v) is 2.78. The van der Waals surface area contributed by atoms with E-state index in [0.29, 0.717) is 0 Å². The number of rotatable bonds is 0. The zero-order chi connectivity index (χ0) is 5.56. The van der Waals surface area contributed by atoms with Crippen molar-refractivity contribution in [3.63, 3.8) is 0 Å². The van der Waals surface area contributed by atoms with Gasteiger partial charge in [0.2, 0.25) is 0 Å². The molecule has 0 heterocycles. The van der Waals surface area contributed by atoms with Crippen LogP contribution in [-0.4, -0.2) is 11.2 Å². The van der Waals surface area contributed by atoms with E-state index in [-0.39, 0.29) is 6.10 Å². The van der Waals surface area contributed by atoms with E-state index in [2.05, 4.69) is 0 Å². The normalized spacial score (nSPS) is 34.9. The van der Waals surface area contributed by atoms with Crippen molar-refractivity contribution in [2.75, 3.05) is 0 Å². The van der Waals surface area contributed by atoms with E-state index >= 15 is 0 Å². The van der Waals surface area contributed by atoms with Gasteiger partial charge in [0.25, 0.3) is 0 Å². The number of allylic oxidation sites excluding steroid dienone is 1. The lowest BCUT2D eigenvalue weighted by Crippen LogP contribution is -2.06. The van der Waals surface area contributed by atoms with E-state index in [9.17, 15) is 0 Å². The summed E-state index contributed by atoms with van der Waals surface area (Å²) in [7, 11) is 0. The highest BCUT2D eigenvalue weighted by atomic mass is 16.3. The van der Waals surface area contributed by atoms with E-state index < -0.39 is 0 Å². The van der Waals surface area contributed by atoms with Crippen molar-refractivity contribution in [3.8, 4) is 0 Å². The third-order valence-corrected chi connectivity index (χ3v) is 2.06. The van der Waals surface area contributed by atoms with Crippen molar-refractivity contribution >= 4 is 0 Å². The molecule has 44 valence electrons. The standard InChI is InChI=1S/C7H10O/c8-7-2-1-5-3-6(5)4-7/h7-8H,1-4H2. The van der Waals surface area contributed by atoms with E-state index in [1.165, 1.54) is 12.8 Å². The summed E-state index contributed by atoms with van der Waals surface area (Å²) in [6.07, 6.45) is 4.41. The second-order valence-electron chi connectivity index (χ2n) is 2.78. The molecule has 0 amide bonds. The Balaban J connectivity index is 2.09. The molecule has 0 saturated carbocycles. The number of hydrogen-bond donors (Lipinski definition) is 1. The van der Waals surface area contributed by atoms with Crippen LogP contribution in [0.3, 0.4) is 0 Å². The van der Waals surface area contributed by atoms with Crippen LogP contribution < -0.4 is 0 Å². The molecule has 2 aliphatic carbocycles. The van der Waals surface area contributed by atoms with Gasteiger partial charge in [0.15, 0.2) is 0 Å². The zero-order valence-electron chi connectivity index (χ0n) is 4.85. The van der Waals surface area contributed by atoms with Crippen LogP contribution in [0.4, 0.5) is 0 Å². The Morgan fingerprint density at radius 1 is 1.38 bits per heavy atom. The molecule has 0 aliphatic heterocycles. The van der Waals surface area contributed by atoms with E-state index in [0.717, 1.165) is 12.8 Å². The summed E-state index contributed by atoms with van der Waals surface area (Å²) in [5.74, 6) is 0. The average Bonchev–Trinajstić information content (AvgIpc) is 2.43. The van der Waals surface area contributed by atoms with Crippen molar-refractivity contribution in [1.82, 2.24) is 0 Å². The van der Waals surface area contributed by atoms with Crippen LogP contribution in [0, 0.1) is 0 Å². The van der Waals surface area contributed by atoms with Crippen molar-refractivity contribution in [2.45, 2.75) is 31.8 Å². The topological polar surface area (TPSA) is 20.2 Å². The lowest BCUT2D eigenvalue weighted by Gasteiger charge is -2.08. The first-order valence-electron chi connectivity index (χ1n) is 3.24. The van der Waals surface area contributed by atoms with Gasteiger partial charge in [-0.1, -0.05) is 11.1 Å². The highest BCUT2D eigenvalue weighted by Crippen LogP contribution is 2.42. The molecule has 0 fully saturated rings. The molecule has 1 nitrogen and oxygen atoms in total. The first kappa shape index (κ1) is 4.57. The van der Waals surface area contributed by atoms with Gasteiger partial charge in [0.1, 0.15) is 0 Å². The molecule has 1 atom stereocenters. The van der Waals surface area contributed by atoms with Crippen LogP contribution in [0.15, 0.2) is 11.1 Å².